The van der Waals surface area contributed by atoms with Gasteiger partial charge in [-0.2, -0.15) is 0 Å². The molecule has 1 heterocycles. The van der Waals surface area contributed by atoms with Gasteiger partial charge in [-0.25, -0.2) is 0 Å². The van der Waals surface area contributed by atoms with E-state index in [9.17, 15) is 0 Å². The lowest BCUT2D eigenvalue weighted by Gasteiger charge is -2.09. The van der Waals surface area contributed by atoms with Crippen LogP contribution >= 0.6 is 0 Å². The molecule has 3 nitrogen and oxygen atoms in total. The number of nitrogens with one attached hydrogen (secondary N) is 1. The number of ether oxygens (including phenoxy) is 1. The van der Waals surface area contributed by atoms with E-state index in [1.54, 1.807) is 7.11 Å². The van der Waals surface area contributed by atoms with E-state index in [2.05, 4.69) is 23.3 Å². The minimum Gasteiger partial charge on any atom is -0.385 e. The summed E-state index contributed by atoms with van der Waals surface area (Å²) < 4.78 is 5.06. The molecular weight excluding hydrogens is 212 g/mol. The molecule has 0 spiro atoms. The zero-order chi connectivity index (χ0) is 12.1. The molecule has 0 aromatic carbocycles. The molecule has 0 amide bonds. The van der Waals surface area contributed by atoms with E-state index in [1.165, 1.54) is 29.7 Å². The molecule has 1 aromatic rings. The van der Waals surface area contributed by atoms with E-state index < -0.39 is 0 Å². The highest BCUT2D eigenvalue weighted by atomic mass is 16.5. The Labute approximate surface area is 104 Å². The van der Waals surface area contributed by atoms with Gasteiger partial charge >= 0.3 is 0 Å². The fourth-order valence-corrected chi connectivity index (χ4v) is 1.88. The second-order valence-electron chi connectivity index (χ2n) is 4.85. The van der Waals surface area contributed by atoms with Crippen molar-refractivity contribution in [1.82, 2.24) is 10.3 Å². The molecule has 0 atom stereocenters. The molecule has 0 unspecified atom stereocenters. The number of aromatic nitrogens is 1. The van der Waals surface area contributed by atoms with Crippen molar-refractivity contribution in [2.24, 2.45) is 0 Å². The number of hydrogen-bond donors (Lipinski definition) is 1. The van der Waals surface area contributed by atoms with Crippen molar-refractivity contribution < 1.29 is 4.74 Å². The van der Waals surface area contributed by atoms with E-state index in [0.29, 0.717) is 0 Å². The molecule has 0 saturated heterocycles. The van der Waals surface area contributed by atoms with Gasteiger partial charge in [0.1, 0.15) is 0 Å². The molecular formula is C14H22N2O. The summed E-state index contributed by atoms with van der Waals surface area (Å²) in [6, 6.07) is 3.00. The van der Waals surface area contributed by atoms with Gasteiger partial charge in [0.05, 0.1) is 0 Å². The predicted molar refractivity (Wildman–Crippen MR) is 69.0 cm³/mol. The first kappa shape index (κ1) is 12.5. The molecule has 0 radical (unpaired) electrons. The molecule has 2 rings (SSSR count). The Morgan fingerprint density at radius 2 is 2.29 bits per heavy atom. The molecule has 94 valence electrons. The van der Waals surface area contributed by atoms with Crippen molar-refractivity contribution in [1.29, 1.82) is 0 Å². The van der Waals surface area contributed by atoms with Crippen LogP contribution in [0.1, 0.15) is 36.1 Å². The second kappa shape index (κ2) is 6.12. The average Bonchev–Trinajstić information content (AvgIpc) is 3.14. The van der Waals surface area contributed by atoms with Crippen LogP contribution in [0.25, 0.3) is 0 Å². The van der Waals surface area contributed by atoms with E-state index in [0.717, 1.165) is 32.0 Å². The first-order chi connectivity index (χ1) is 8.29. The quantitative estimate of drug-likeness (QED) is 0.735. The smallest absolute Gasteiger partial charge is 0.0466 e. The third-order valence-corrected chi connectivity index (χ3v) is 3.21. The van der Waals surface area contributed by atoms with Gasteiger partial charge in [-0.3, -0.25) is 4.98 Å². The van der Waals surface area contributed by atoms with Crippen LogP contribution in [-0.2, 0) is 17.7 Å². The van der Waals surface area contributed by atoms with Crippen LogP contribution < -0.4 is 5.32 Å². The summed E-state index contributed by atoms with van der Waals surface area (Å²) in [6.45, 7) is 3.93. The molecule has 17 heavy (non-hydrogen) atoms. The lowest BCUT2D eigenvalue weighted by Crippen LogP contribution is -2.16. The minimum absolute atomic E-state index is 0.763. The minimum atomic E-state index is 0.763. The zero-order valence-electron chi connectivity index (χ0n) is 10.8. The lowest BCUT2D eigenvalue weighted by molar-refractivity contribution is 0.195. The summed E-state index contributed by atoms with van der Waals surface area (Å²) in [4.78, 5) is 4.47. The first-order valence-electron chi connectivity index (χ1n) is 6.46. The monoisotopic (exact) mass is 234 g/mol. The maximum Gasteiger partial charge on any atom is 0.0466 e. The Morgan fingerprint density at radius 1 is 1.47 bits per heavy atom. The topological polar surface area (TPSA) is 34.1 Å². The van der Waals surface area contributed by atoms with Gasteiger partial charge in [-0.15, -0.1) is 0 Å². The fourth-order valence-electron chi connectivity index (χ4n) is 1.88. The maximum atomic E-state index is 5.06. The highest BCUT2D eigenvalue weighted by Gasteiger charge is 2.20. The molecule has 1 fully saturated rings. The summed E-state index contributed by atoms with van der Waals surface area (Å²) in [5.74, 6) is 0. The van der Waals surface area contributed by atoms with E-state index in [-0.39, 0.29) is 0 Å². The third kappa shape index (κ3) is 4.10. The third-order valence-electron chi connectivity index (χ3n) is 3.21. The van der Waals surface area contributed by atoms with Crippen LogP contribution in [0.5, 0.6) is 0 Å². The van der Waals surface area contributed by atoms with Gasteiger partial charge in [-0.1, -0.05) is 0 Å². The van der Waals surface area contributed by atoms with Crippen LogP contribution in [-0.4, -0.2) is 24.7 Å². The van der Waals surface area contributed by atoms with Crippen LogP contribution in [0, 0.1) is 6.92 Å². The van der Waals surface area contributed by atoms with E-state index in [4.69, 9.17) is 4.74 Å². The number of nitrogens with zero attached hydrogens (tertiary/aromatic N) is 1. The Kier molecular flexibility index (Phi) is 4.51. The molecule has 0 bridgehead atoms. The Balaban J connectivity index is 1.90. The lowest BCUT2D eigenvalue weighted by atomic mass is 10.1. The molecule has 1 aliphatic rings. The highest BCUT2D eigenvalue weighted by molar-refractivity contribution is 5.25. The van der Waals surface area contributed by atoms with Gasteiger partial charge in [0.25, 0.3) is 0 Å². The highest BCUT2D eigenvalue weighted by Crippen LogP contribution is 2.20. The molecule has 1 aromatic heterocycles. The van der Waals surface area contributed by atoms with Gasteiger partial charge in [0.2, 0.25) is 0 Å². The summed E-state index contributed by atoms with van der Waals surface area (Å²) in [5.41, 5.74) is 3.85. The Hall–Kier alpha value is -0.930. The van der Waals surface area contributed by atoms with E-state index >= 15 is 0 Å². The molecule has 1 saturated carbocycles. The van der Waals surface area contributed by atoms with Crippen LogP contribution in [0.3, 0.4) is 0 Å². The fraction of sp³-hybridized carbons (Fsp3) is 0.643. The van der Waals surface area contributed by atoms with Gasteiger partial charge in [0.15, 0.2) is 0 Å². The molecule has 0 aliphatic heterocycles. The van der Waals surface area contributed by atoms with Crippen molar-refractivity contribution in [2.75, 3.05) is 13.7 Å². The van der Waals surface area contributed by atoms with Gasteiger partial charge < -0.3 is 10.1 Å². The zero-order valence-corrected chi connectivity index (χ0v) is 10.8. The molecule has 3 heteroatoms. The summed E-state index contributed by atoms with van der Waals surface area (Å²) in [6.07, 6.45) is 6.72. The second-order valence-corrected chi connectivity index (χ2v) is 4.85. The normalized spacial score (nSPS) is 15.2. The predicted octanol–water partition coefficient (Wildman–Crippen LogP) is 2.22. The SMILES string of the molecule is COCCCc1cc(CNC2CC2)c(C)cn1. The summed E-state index contributed by atoms with van der Waals surface area (Å²) in [7, 11) is 1.74. The number of methoxy groups -OCH3 is 1. The largest absolute Gasteiger partial charge is 0.385 e. The standard InChI is InChI=1S/C14H22N2O/c1-11-9-15-14(4-3-7-17-2)8-12(11)10-16-13-5-6-13/h8-9,13,16H,3-7,10H2,1-2H3. The van der Waals surface area contributed by atoms with Crippen molar-refractivity contribution in [3.8, 4) is 0 Å². The number of pyridine rings is 1. The van der Waals surface area contributed by atoms with Crippen LogP contribution in [0.2, 0.25) is 0 Å². The average molecular weight is 234 g/mol. The number of hydrogen-bond acceptors (Lipinski definition) is 3. The number of rotatable bonds is 7. The van der Waals surface area contributed by atoms with Crippen LogP contribution in [0.4, 0.5) is 0 Å². The summed E-state index contributed by atoms with van der Waals surface area (Å²) >= 11 is 0. The summed E-state index contributed by atoms with van der Waals surface area (Å²) in [5, 5.41) is 3.56. The van der Waals surface area contributed by atoms with Crippen LogP contribution in [0.15, 0.2) is 12.3 Å². The van der Waals surface area contributed by atoms with Crippen molar-refractivity contribution in [2.45, 2.75) is 45.2 Å². The van der Waals surface area contributed by atoms with Crippen molar-refractivity contribution in [3.05, 3.63) is 29.1 Å². The Bertz CT molecular complexity index is 361. The maximum absolute atomic E-state index is 5.06. The van der Waals surface area contributed by atoms with Crippen molar-refractivity contribution >= 4 is 0 Å². The van der Waals surface area contributed by atoms with Gasteiger partial charge in [-0.05, 0) is 49.8 Å². The molecule has 1 aliphatic carbocycles. The number of aryl methyl sites for hydroxylation is 2. The van der Waals surface area contributed by atoms with E-state index in [1.807, 2.05) is 6.20 Å². The van der Waals surface area contributed by atoms with Crippen molar-refractivity contribution in [3.63, 3.8) is 0 Å². The molecule has 1 N–H and O–H groups in total. The Morgan fingerprint density at radius 3 is 3.00 bits per heavy atom. The van der Waals surface area contributed by atoms with Gasteiger partial charge in [0, 0.05) is 38.2 Å². The first-order valence-corrected chi connectivity index (χ1v) is 6.46.